The number of carboxylic acid groups (broad SMARTS) is 1. The highest BCUT2D eigenvalue weighted by molar-refractivity contribution is 6.42. The van der Waals surface area contributed by atoms with Crippen molar-refractivity contribution >= 4 is 41.0 Å². The SMILES string of the molecule is O=C(O)CC[C@@]1(CCC(=O)NCc2cccc(Cl)c2Cl)CCC(=O)N1. The van der Waals surface area contributed by atoms with Crippen molar-refractivity contribution in [2.24, 2.45) is 0 Å². The average molecular weight is 387 g/mol. The highest BCUT2D eigenvalue weighted by atomic mass is 35.5. The van der Waals surface area contributed by atoms with E-state index >= 15 is 0 Å². The maximum Gasteiger partial charge on any atom is 0.303 e. The van der Waals surface area contributed by atoms with Crippen LogP contribution in [-0.2, 0) is 20.9 Å². The molecule has 2 amide bonds. The van der Waals surface area contributed by atoms with Gasteiger partial charge in [0, 0.05) is 31.3 Å². The maximum atomic E-state index is 12.1. The van der Waals surface area contributed by atoms with E-state index in [2.05, 4.69) is 10.6 Å². The molecular formula is C17H20Cl2N2O4. The first-order valence-electron chi connectivity index (χ1n) is 8.04. The molecule has 136 valence electrons. The summed E-state index contributed by atoms with van der Waals surface area (Å²) in [5.41, 5.74) is 0.109. The van der Waals surface area contributed by atoms with Crippen LogP contribution in [0.15, 0.2) is 18.2 Å². The zero-order valence-electron chi connectivity index (χ0n) is 13.6. The molecule has 1 aromatic rings. The first-order valence-corrected chi connectivity index (χ1v) is 8.79. The molecule has 2 rings (SSSR count). The molecule has 0 aliphatic carbocycles. The van der Waals surface area contributed by atoms with Crippen LogP contribution in [0.4, 0.5) is 0 Å². The van der Waals surface area contributed by atoms with Crippen molar-refractivity contribution in [2.75, 3.05) is 0 Å². The van der Waals surface area contributed by atoms with Crippen molar-refractivity contribution in [1.29, 1.82) is 0 Å². The molecule has 1 saturated heterocycles. The van der Waals surface area contributed by atoms with Gasteiger partial charge in [0.2, 0.25) is 11.8 Å². The summed E-state index contributed by atoms with van der Waals surface area (Å²) in [6.07, 6.45) is 1.78. The lowest BCUT2D eigenvalue weighted by Crippen LogP contribution is -2.43. The minimum absolute atomic E-state index is 0.0416. The molecule has 3 N–H and O–H groups in total. The third kappa shape index (κ3) is 5.61. The Bertz CT molecular complexity index is 681. The molecule has 8 heteroatoms. The number of carbonyl (C=O) groups excluding carboxylic acids is 2. The Morgan fingerprint density at radius 1 is 1.24 bits per heavy atom. The van der Waals surface area contributed by atoms with Gasteiger partial charge in [-0.05, 0) is 30.9 Å². The molecule has 0 bridgehead atoms. The van der Waals surface area contributed by atoms with Crippen LogP contribution in [0.2, 0.25) is 10.0 Å². The molecule has 1 fully saturated rings. The number of rotatable bonds is 8. The predicted molar refractivity (Wildman–Crippen MR) is 94.5 cm³/mol. The third-order valence-electron chi connectivity index (χ3n) is 4.39. The summed E-state index contributed by atoms with van der Waals surface area (Å²) in [5.74, 6) is -1.20. The molecule has 0 saturated carbocycles. The van der Waals surface area contributed by atoms with E-state index in [1.165, 1.54) is 0 Å². The molecule has 6 nitrogen and oxygen atoms in total. The molecule has 1 aliphatic rings. The number of amides is 2. The summed E-state index contributed by atoms with van der Waals surface area (Å²) in [5, 5.41) is 15.3. The summed E-state index contributed by atoms with van der Waals surface area (Å²) in [6.45, 7) is 0.257. The molecule has 1 aliphatic heterocycles. The minimum Gasteiger partial charge on any atom is -0.481 e. The lowest BCUT2D eigenvalue weighted by Gasteiger charge is -2.28. The molecule has 25 heavy (non-hydrogen) atoms. The van der Waals surface area contributed by atoms with Crippen LogP contribution >= 0.6 is 23.2 Å². The number of halogens is 2. The molecule has 0 spiro atoms. The molecule has 0 aromatic heterocycles. The van der Waals surface area contributed by atoms with E-state index in [1.54, 1.807) is 18.2 Å². The smallest absolute Gasteiger partial charge is 0.303 e. The van der Waals surface area contributed by atoms with Gasteiger partial charge in [0.15, 0.2) is 0 Å². The summed E-state index contributed by atoms with van der Waals surface area (Å²) < 4.78 is 0. The number of carbonyl (C=O) groups is 3. The van der Waals surface area contributed by atoms with Gasteiger partial charge in [-0.2, -0.15) is 0 Å². The summed E-state index contributed by atoms with van der Waals surface area (Å²) in [6, 6.07) is 5.20. The first kappa shape index (κ1) is 19.5. The fourth-order valence-electron chi connectivity index (χ4n) is 2.94. The number of hydrogen-bond donors (Lipinski definition) is 3. The van der Waals surface area contributed by atoms with Gasteiger partial charge in [0.25, 0.3) is 0 Å². The number of hydrogen-bond acceptors (Lipinski definition) is 3. The van der Waals surface area contributed by atoms with Gasteiger partial charge in [0.05, 0.1) is 10.0 Å². The summed E-state index contributed by atoms with van der Waals surface area (Å²) in [7, 11) is 0. The Morgan fingerprint density at radius 3 is 2.60 bits per heavy atom. The van der Waals surface area contributed by atoms with Gasteiger partial charge in [-0.25, -0.2) is 0 Å². The molecule has 1 heterocycles. The van der Waals surface area contributed by atoms with Crippen molar-refractivity contribution in [2.45, 2.75) is 50.6 Å². The van der Waals surface area contributed by atoms with E-state index in [1.807, 2.05) is 0 Å². The lowest BCUT2D eigenvalue weighted by atomic mass is 9.86. The standard InChI is InChI=1S/C17H20Cl2N2O4/c18-12-3-1-2-11(16(12)19)10-20-13(22)4-7-17(9-6-15(24)25)8-5-14(23)21-17/h1-3H,4-10H2,(H,20,22)(H,21,23)(H,24,25)/t17-/m1/s1. The van der Waals surface area contributed by atoms with Crippen molar-refractivity contribution < 1.29 is 19.5 Å². The van der Waals surface area contributed by atoms with Crippen molar-refractivity contribution in [3.05, 3.63) is 33.8 Å². The molecule has 1 aromatic carbocycles. The van der Waals surface area contributed by atoms with Crippen LogP contribution in [0.5, 0.6) is 0 Å². The van der Waals surface area contributed by atoms with Crippen LogP contribution in [0, 0.1) is 0 Å². The molecule has 0 unspecified atom stereocenters. The van der Waals surface area contributed by atoms with Gasteiger partial charge >= 0.3 is 5.97 Å². The predicted octanol–water partition coefficient (Wildman–Crippen LogP) is 2.90. The van der Waals surface area contributed by atoms with Crippen molar-refractivity contribution in [1.82, 2.24) is 10.6 Å². The second-order valence-corrected chi connectivity index (χ2v) is 7.00. The fraction of sp³-hybridized carbons (Fsp3) is 0.471. The normalized spacial score (nSPS) is 19.5. The van der Waals surface area contributed by atoms with Crippen molar-refractivity contribution in [3.63, 3.8) is 0 Å². The topological polar surface area (TPSA) is 95.5 Å². The van der Waals surface area contributed by atoms with Crippen LogP contribution in [0.1, 0.15) is 44.1 Å². The van der Waals surface area contributed by atoms with Crippen LogP contribution in [-0.4, -0.2) is 28.4 Å². The Labute approximate surface area is 155 Å². The number of aliphatic carboxylic acids is 1. The number of benzene rings is 1. The van der Waals surface area contributed by atoms with Gasteiger partial charge in [-0.1, -0.05) is 35.3 Å². The highest BCUT2D eigenvalue weighted by Gasteiger charge is 2.37. The van der Waals surface area contributed by atoms with Crippen LogP contribution in [0.25, 0.3) is 0 Å². The largest absolute Gasteiger partial charge is 0.481 e. The number of nitrogens with one attached hydrogen (secondary N) is 2. The second kappa shape index (κ2) is 8.54. The van der Waals surface area contributed by atoms with Crippen LogP contribution < -0.4 is 10.6 Å². The second-order valence-electron chi connectivity index (χ2n) is 6.21. The van der Waals surface area contributed by atoms with Gasteiger partial charge < -0.3 is 15.7 Å². The summed E-state index contributed by atoms with van der Waals surface area (Å²) in [4.78, 5) is 34.5. The quantitative estimate of drug-likeness (QED) is 0.639. The van der Waals surface area contributed by atoms with E-state index in [-0.39, 0.29) is 31.2 Å². The van der Waals surface area contributed by atoms with E-state index < -0.39 is 11.5 Å². The summed E-state index contributed by atoms with van der Waals surface area (Å²) >= 11 is 12.0. The average Bonchev–Trinajstić information content (AvgIpc) is 2.94. The zero-order chi connectivity index (χ0) is 18.4. The molecule has 0 radical (unpaired) electrons. The fourth-order valence-corrected chi connectivity index (χ4v) is 3.33. The molecule has 1 atom stereocenters. The van der Waals surface area contributed by atoms with Crippen molar-refractivity contribution in [3.8, 4) is 0 Å². The lowest BCUT2D eigenvalue weighted by molar-refractivity contribution is -0.137. The Balaban J connectivity index is 1.87. The number of carboxylic acids is 1. The zero-order valence-corrected chi connectivity index (χ0v) is 15.1. The van der Waals surface area contributed by atoms with E-state index in [0.717, 1.165) is 5.56 Å². The minimum atomic E-state index is -0.916. The van der Waals surface area contributed by atoms with Gasteiger partial charge in [-0.3, -0.25) is 14.4 Å². The van der Waals surface area contributed by atoms with Gasteiger partial charge in [0.1, 0.15) is 0 Å². The Morgan fingerprint density at radius 2 is 1.96 bits per heavy atom. The third-order valence-corrected chi connectivity index (χ3v) is 5.25. The van der Waals surface area contributed by atoms with E-state index in [9.17, 15) is 14.4 Å². The maximum absolute atomic E-state index is 12.1. The van der Waals surface area contributed by atoms with E-state index in [0.29, 0.717) is 35.7 Å². The monoisotopic (exact) mass is 386 g/mol. The Hall–Kier alpha value is -1.79. The Kier molecular flexibility index (Phi) is 6.67. The first-order chi connectivity index (χ1) is 11.8. The molecular weight excluding hydrogens is 367 g/mol. The highest BCUT2D eigenvalue weighted by Crippen LogP contribution is 2.30. The van der Waals surface area contributed by atoms with E-state index in [4.69, 9.17) is 28.3 Å². The van der Waals surface area contributed by atoms with Crippen LogP contribution in [0.3, 0.4) is 0 Å². The van der Waals surface area contributed by atoms with Gasteiger partial charge in [-0.15, -0.1) is 0 Å².